The van der Waals surface area contributed by atoms with E-state index in [2.05, 4.69) is 25.5 Å². The zero-order chi connectivity index (χ0) is 17.0. The fourth-order valence-electron chi connectivity index (χ4n) is 2.32. The summed E-state index contributed by atoms with van der Waals surface area (Å²) < 4.78 is 1.85. The first-order chi connectivity index (χ1) is 10.9. The predicted octanol–water partition coefficient (Wildman–Crippen LogP) is 1.56. The van der Waals surface area contributed by atoms with Gasteiger partial charge in [0.1, 0.15) is 5.01 Å². The number of amides is 1. The second kappa shape index (κ2) is 7.65. The number of likely N-dealkylation sites (N-methyl/N-ethyl adjacent to an activating group) is 1. The third kappa shape index (κ3) is 4.84. The van der Waals surface area contributed by atoms with E-state index in [0.717, 1.165) is 34.9 Å². The van der Waals surface area contributed by atoms with E-state index in [0.29, 0.717) is 18.0 Å². The number of aromatic nitrogens is 4. The molecule has 0 bridgehead atoms. The molecule has 126 valence electrons. The second-order valence-corrected chi connectivity index (χ2v) is 6.94. The summed E-state index contributed by atoms with van der Waals surface area (Å²) in [6.07, 6.45) is 1.94. The summed E-state index contributed by atoms with van der Waals surface area (Å²) in [4.78, 5) is 14.2. The Bertz CT molecular complexity index is 676. The second-order valence-electron chi connectivity index (χ2n) is 5.88. The molecule has 0 aliphatic carbocycles. The van der Waals surface area contributed by atoms with Gasteiger partial charge in [0.25, 0.3) is 0 Å². The lowest BCUT2D eigenvalue weighted by Crippen LogP contribution is -2.14. The van der Waals surface area contributed by atoms with Crippen LogP contribution in [0.1, 0.15) is 28.4 Å². The van der Waals surface area contributed by atoms with Crippen LogP contribution in [0.15, 0.2) is 0 Å². The molecule has 0 aliphatic heterocycles. The van der Waals surface area contributed by atoms with Gasteiger partial charge in [-0.1, -0.05) is 11.3 Å². The van der Waals surface area contributed by atoms with Crippen molar-refractivity contribution in [2.45, 2.75) is 33.1 Å². The van der Waals surface area contributed by atoms with Crippen molar-refractivity contribution in [3.63, 3.8) is 0 Å². The smallest absolute Gasteiger partial charge is 0.226 e. The minimum Gasteiger partial charge on any atom is -0.309 e. The van der Waals surface area contributed by atoms with Crippen molar-refractivity contribution in [3.8, 4) is 0 Å². The van der Waals surface area contributed by atoms with E-state index in [-0.39, 0.29) is 5.91 Å². The number of nitrogens with one attached hydrogen (secondary N) is 1. The highest BCUT2D eigenvalue weighted by Crippen LogP contribution is 2.17. The normalized spacial score (nSPS) is 11.2. The van der Waals surface area contributed by atoms with Crippen molar-refractivity contribution >= 4 is 22.4 Å². The Hall–Kier alpha value is -1.80. The third-order valence-corrected chi connectivity index (χ3v) is 4.65. The molecule has 0 radical (unpaired) electrons. The first kappa shape index (κ1) is 17.6. The highest BCUT2D eigenvalue weighted by atomic mass is 32.1. The molecule has 8 heteroatoms. The van der Waals surface area contributed by atoms with Crippen LogP contribution >= 0.6 is 11.3 Å². The maximum Gasteiger partial charge on any atom is 0.226 e. The van der Waals surface area contributed by atoms with Crippen LogP contribution in [0.3, 0.4) is 0 Å². The fraction of sp³-hybridized carbons (Fsp3) is 0.600. The third-order valence-electron chi connectivity index (χ3n) is 3.75. The number of aryl methyl sites for hydroxylation is 2. The summed E-state index contributed by atoms with van der Waals surface area (Å²) in [5.41, 5.74) is 3.24. The highest BCUT2D eigenvalue weighted by molar-refractivity contribution is 7.15. The molecule has 2 heterocycles. The quantitative estimate of drug-likeness (QED) is 0.830. The molecule has 0 atom stereocenters. The molecule has 23 heavy (non-hydrogen) atoms. The van der Waals surface area contributed by atoms with Gasteiger partial charge in [-0.05, 0) is 39.9 Å². The molecule has 0 unspecified atom stereocenters. The lowest BCUT2D eigenvalue weighted by molar-refractivity contribution is -0.116. The number of anilines is 1. The molecule has 2 rings (SSSR count). The van der Waals surface area contributed by atoms with Gasteiger partial charge < -0.3 is 10.2 Å². The zero-order valence-corrected chi connectivity index (χ0v) is 15.2. The van der Waals surface area contributed by atoms with Crippen LogP contribution in [-0.4, -0.2) is 51.4 Å². The molecule has 0 spiro atoms. The van der Waals surface area contributed by atoms with Crippen LogP contribution in [0.25, 0.3) is 0 Å². The summed E-state index contributed by atoms with van der Waals surface area (Å²) >= 11 is 1.44. The lowest BCUT2D eigenvalue weighted by atomic mass is 10.1. The standard InChI is InChI=1S/C15H24N6OS/c1-10-12(11(2)21(5)19-10)6-7-13(22)16-15-18-17-14(23-15)8-9-20(3)4/h6-9H2,1-5H3,(H,16,18,22). The molecule has 0 aromatic carbocycles. The Kier molecular flexibility index (Phi) is 5.84. The van der Waals surface area contributed by atoms with E-state index in [1.165, 1.54) is 11.3 Å². The first-order valence-corrected chi connectivity index (χ1v) is 8.44. The summed E-state index contributed by atoms with van der Waals surface area (Å²) in [6, 6.07) is 0. The number of carbonyl (C=O) groups excluding carboxylic acids is 1. The average molecular weight is 336 g/mol. The molecular formula is C15H24N6OS. The van der Waals surface area contributed by atoms with Crippen LogP contribution in [-0.2, 0) is 24.7 Å². The molecule has 0 saturated heterocycles. The number of rotatable bonds is 7. The van der Waals surface area contributed by atoms with E-state index in [1.807, 2.05) is 39.7 Å². The van der Waals surface area contributed by atoms with Gasteiger partial charge in [0.2, 0.25) is 11.0 Å². The molecule has 7 nitrogen and oxygen atoms in total. The summed E-state index contributed by atoms with van der Waals surface area (Å²) in [5, 5.41) is 16.8. The summed E-state index contributed by atoms with van der Waals surface area (Å²) in [6.45, 7) is 4.92. The van der Waals surface area contributed by atoms with Crippen molar-refractivity contribution in [3.05, 3.63) is 22.0 Å². The van der Waals surface area contributed by atoms with Gasteiger partial charge in [0.15, 0.2) is 0 Å². The van der Waals surface area contributed by atoms with Crippen molar-refractivity contribution in [1.82, 2.24) is 24.9 Å². The fourth-order valence-corrected chi connectivity index (χ4v) is 3.07. The van der Waals surface area contributed by atoms with Crippen molar-refractivity contribution in [2.24, 2.45) is 7.05 Å². The van der Waals surface area contributed by atoms with Crippen molar-refractivity contribution in [2.75, 3.05) is 26.0 Å². The SMILES string of the molecule is Cc1nn(C)c(C)c1CCC(=O)Nc1nnc(CCN(C)C)s1. The number of nitrogens with zero attached hydrogens (tertiary/aromatic N) is 5. The molecule has 1 amide bonds. The van der Waals surface area contributed by atoms with Crippen molar-refractivity contribution < 1.29 is 4.79 Å². The predicted molar refractivity (Wildman–Crippen MR) is 91.8 cm³/mol. The molecule has 2 aromatic rings. The molecule has 0 saturated carbocycles. The molecule has 0 fully saturated rings. The van der Waals surface area contributed by atoms with Gasteiger partial charge in [-0.2, -0.15) is 5.10 Å². The van der Waals surface area contributed by atoms with Gasteiger partial charge in [0, 0.05) is 32.1 Å². The molecule has 2 aromatic heterocycles. The minimum atomic E-state index is -0.0389. The van der Waals surface area contributed by atoms with Gasteiger partial charge in [-0.25, -0.2) is 0 Å². The largest absolute Gasteiger partial charge is 0.309 e. The number of hydrogen-bond donors (Lipinski definition) is 1. The van der Waals surface area contributed by atoms with Crippen LogP contribution in [0.5, 0.6) is 0 Å². The molecule has 1 N–H and O–H groups in total. The van der Waals surface area contributed by atoms with Crippen LogP contribution in [0.2, 0.25) is 0 Å². The number of hydrogen-bond acceptors (Lipinski definition) is 6. The van der Waals surface area contributed by atoms with Gasteiger partial charge in [0.05, 0.1) is 5.69 Å². The zero-order valence-electron chi connectivity index (χ0n) is 14.4. The van der Waals surface area contributed by atoms with Gasteiger partial charge >= 0.3 is 0 Å². The summed E-state index contributed by atoms with van der Waals surface area (Å²) in [7, 11) is 5.96. The van der Waals surface area contributed by atoms with E-state index >= 15 is 0 Å². The van der Waals surface area contributed by atoms with Crippen LogP contribution in [0.4, 0.5) is 5.13 Å². The Labute approximate surface area is 140 Å². The Morgan fingerprint density at radius 2 is 2.00 bits per heavy atom. The minimum absolute atomic E-state index is 0.0389. The van der Waals surface area contributed by atoms with E-state index in [1.54, 1.807) is 0 Å². The Morgan fingerprint density at radius 3 is 2.61 bits per heavy atom. The first-order valence-electron chi connectivity index (χ1n) is 7.63. The monoisotopic (exact) mass is 336 g/mol. The lowest BCUT2D eigenvalue weighted by Gasteiger charge is -2.05. The van der Waals surface area contributed by atoms with E-state index < -0.39 is 0 Å². The topological polar surface area (TPSA) is 75.9 Å². The molecule has 0 aliphatic rings. The van der Waals surface area contributed by atoms with Crippen LogP contribution < -0.4 is 5.32 Å². The molecular weight excluding hydrogens is 312 g/mol. The maximum atomic E-state index is 12.1. The van der Waals surface area contributed by atoms with E-state index in [9.17, 15) is 4.79 Å². The number of carbonyl (C=O) groups is 1. The van der Waals surface area contributed by atoms with Gasteiger partial charge in [-0.15, -0.1) is 10.2 Å². The summed E-state index contributed by atoms with van der Waals surface area (Å²) in [5.74, 6) is -0.0389. The maximum absolute atomic E-state index is 12.1. The van der Waals surface area contributed by atoms with E-state index in [4.69, 9.17) is 0 Å². The Balaban J connectivity index is 1.85. The van der Waals surface area contributed by atoms with Gasteiger partial charge in [-0.3, -0.25) is 9.48 Å². The average Bonchev–Trinajstić information content (AvgIpc) is 3.01. The van der Waals surface area contributed by atoms with Crippen molar-refractivity contribution in [1.29, 1.82) is 0 Å². The highest BCUT2D eigenvalue weighted by Gasteiger charge is 2.13. The van der Waals surface area contributed by atoms with Crippen LogP contribution in [0, 0.1) is 13.8 Å². The Morgan fingerprint density at radius 1 is 1.26 bits per heavy atom.